The predicted octanol–water partition coefficient (Wildman–Crippen LogP) is 2.67. The van der Waals surface area contributed by atoms with Crippen LogP contribution in [0.4, 0.5) is 0 Å². The van der Waals surface area contributed by atoms with E-state index in [0.29, 0.717) is 0 Å². The summed E-state index contributed by atoms with van der Waals surface area (Å²) in [5.41, 5.74) is 2.98. The summed E-state index contributed by atoms with van der Waals surface area (Å²) in [5.74, 6) is 3.47. The molecule has 0 bridgehead atoms. The van der Waals surface area contributed by atoms with Gasteiger partial charge in [0.15, 0.2) is 0 Å². The first-order valence-corrected chi connectivity index (χ1v) is 6.87. The molecule has 1 unspecified atom stereocenters. The summed E-state index contributed by atoms with van der Waals surface area (Å²) in [6.45, 7) is 1.07. The van der Waals surface area contributed by atoms with Crippen LogP contribution in [-0.2, 0) is 6.42 Å². The van der Waals surface area contributed by atoms with Gasteiger partial charge >= 0.3 is 0 Å². The quantitative estimate of drug-likeness (QED) is 0.839. The number of likely N-dealkylation sites (N-methyl/N-ethyl adjacent to an activating group) is 1. The first-order valence-electron chi connectivity index (χ1n) is 5.71. The summed E-state index contributed by atoms with van der Waals surface area (Å²) in [4.78, 5) is 0. The van der Waals surface area contributed by atoms with Crippen LogP contribution < -0.4 is 5.32 Å². The van der Waals surface area contributed by atoms with E-state index >= 15 is 0 Å². The highest BCUT2D eigenvalue weighted by Gasteiger charge is 2.16. The third kappa shape index (κ3) is 2.99. The molecule has 1 aliphatic rings. The molecule has 1 heterocycles. The molecule has 15 heavy (non-hydrogen) atoms. The number of nitrogens with one attached hydrogen (secondary N) is 1. The van der Waals surface area contributed by atoms with Crippen molar-refractivity contribution in [1.29, 1.82) is 0 Å². The maximum atomic E-state index is 3.18. The molecule has 1 N–H and O–H groups in total. The van der Waals surface area contributed by atoms with E-state index in [-0.39, 0.29) is 0 Å². The Morgan fingerprint density at radius 1 is 1.33 bits per heavy atom. The monoisotopic (exact) mass is 221 g/mol. The van der Waals surface area contributed by atoms with Gasteiger partial charge in [0.05, 0.1) is 0 Å². The zero-order chi connectivity index (χ0) is 10.5. The lowest BCUT2D eigenvalue weighted by Gasteiger charge is -2.09. The number of thioether (sulfide) groups is 1. The van der Waals surface area contributed by atoms with Gasteiger partial charge in [0.25, 0.3) is 0 Å². The van der Waals surface area contributed by atoms with Crippen molar-refractivity contribution in [3.8, 4) is 0 Å². The van der Waals surface area contributed by atoms with Crippen LogP contribution in [0, 0.1) is 0 Å². The van der Waals surface area contributed by atoms with Crippen LogP contribution >= 0.6 is 11.8 Å². The second-order valence-corrected chi connectivity index (χ2v) is 5.31. The average molecular weight is 221 g/mol. The second-order valence-electron chi connectivity index (χ2n) is 4.16. The third-order valence-electron chi connectivity index (χ3n) is 3.04. The fourth-order valence-electron chi connectivity index (χ4n) is 2.02. The van der Waals surface area contributed by atoms with Gasteiger partial charge in [-0.15, -0.1) is 0 Å². The maximum absolute atomic E-state index is 3.18. The minimum atomic E-state index is 0.813. The van der Waals surface area contributed by atoms with Gasteiger partial charge in [-0.1, -0.05) is 24.3 Å². The van der Waals surface area contributed by atoms with Crippen LogP contribution in [0.2, 0.25) is 0 Å². The van der Waals surface area contributed by atoms with E-state index in [0.717, 1.165) is 18.9 Å². The SMILES string of the molecule is CNCCc1ccc(C2CCSC2)cc1. The number of hydrogen-bond acceptors (Lipinski definition) is 2. The molecule has 1 saturated heterocycles. The Balaban J connectivity index is 1.96. The Kier molecular flexibility index (Phi) is 4.09. The van der Waals surface area contributed by atoms with Crippen LogP contribution in [0.25, 0.3) is 0 Å². The fourth-order valence-corrected chi connectivity index (χ4v) is 3.28. The molecule has 1 aliphatic heterocycles. The van der Waals surface area contributed by atoms with E-state index < -0.39 is 0 Å². The summed E-state index contributed by atoms with van der Waals surface area (Å²) < 4.78 is 0. The standard InChI is InChI=1S/C13H19NS/c1-14-8-6-11-2-4-12(5-3-11)13-7-9-15-10-13/h2-5,13-14H,6-10H2,1H3. The maximum Gasteiger partial charge on any atom is 0.000177 e. The van der Waals surface area contributed by atoms with Crippen LogP contribution in [-0.4, -0.2) is 25.1 Å². The van der Waals surface area contributed by atoms with Crippen LogP contribution in [0.3, 0.4) is 0 Å². The largest absolute Gasteiger partial charge is 0.319 e. The molecule has 0 aromatic heterocycles. The van der Waals surface area contributed by atoms with Crippen molar-refractivity contribution in [2.24, 2.45) is 0 Å². The highest BCUT2D eigenvalue weighted by Crippen LogP contribution is 2.32. The molecule has 0 spiro atoms. The van der Waals surface area contributed by atoms with Crippen molar-refractivity contribution in [2.45, 2.75) is 18.8 Å². The molecule has 0 radical (unpaired) electrons. The van der Waals surface area contributed by atoms with Gasteiger partial charge in [-0.05, 0) is 49.2 Å². The van der Waals surface area contributed by atoms with E-state index in [1.807, 2.05) is 7.05 Å². The Hall–Kier alpha value is -0.470. The van der Waals surface area contributed by atoms with E-state index in [2.05, 4.69) is 41.3 Å². The predicted molar refractivity (Wildman–Crippen MR) is 68.8 cm³/mol. The van der Waals surface area contributed by atoms with Crippen LogP contribution in [0.1, 0.15) is 23.5 Å². The van der Waals surface area contributed by atoms with Crippen molar-refractivity contribution < 1.29 is 0 Å². The number of rotatable bonds is 4. The minimum absolute atomic E-state index is 0.813. The molecule has 1 aromatic rings. The smallest absolute Gasteiger partial charge is 0.000177 e. The molecule has 1 fully saturated rings. The minimum Gasteiger partial charge on any atom is -0.319 e. The van der Waals surface area contributed by atoms with E-state index in [9.17, 15) is 0 Å². The average Bonchev–Trinajstić information content (AvgIpc) is 2.80. The Bertz CT molecular complexity index is 288. The Morgan fingerprint density at radius 3 is 2.73 bits per heavy atom. The summed E-state index contributed by atoms with van der Waals surface area (Å²) >= 11 is 2.09. The molecule has 2 rings (SSSR count). The summed E-state index contributed by atoms with van der Waals surface area (Å²) in [6, 6.07) is 9.22. The zero-order valence-electron chi connectivity index (χ0n) is 9.33. The molecule has 1 atom stereocenters. The van der Waals surface area contributed by atoms with Gasteiger partial charge in [0.2, 0.25) is 0 Å². The van der Waals surface area contributed by atoms with Gasteiger partial charge < -0.3 is 5.32 Å². The summed E-state index contributed by atoms with van der Waals surface area (Å²) in [5, 5.41) is 3.18. The molecule has 0 amide bonds. The third-order valence-corrected chi connectivity index (χ3v) is 4.21. The molecule has 1 aromatic carbocycles. The first-order chi connectivity index (χ1) is 7.40. The van der Waals surface area contributed by atoms with Gasteiger partial charge in [0, 0.05) is 5.75 Å². The van der Waals surface area contributed by atoms with E-state index in [4.69, 9.17) is 0 Å². The van der Waals surface area contributed by atoms with Crippen molar-refractivity contribution in [1.82, 2.24) is 5.32 Å². The van der Waals surface area contributed by atoms with Crippen molar-refractivity contribution in [2.75, 3.05) is 25.1 Å². The fraction of sp³-hybridized carbons (Fsp3) is 0.538. The second kappa shape index (κ2) is 5.57. The number of hydrogen-bond donors (Lipinski definition) is 1. The molecule has 82 valence electrons. The van der Waals surface area contributed by atoms with E-state index in [1.165, 1.54) is 29.1 Å². The topological polar surface area (TPSA) is 12.0 Å². The lowest BCUT2D eigenvalue weighted by Crippen LogP contribution is -2.10. The summed E-state index contributed by atoms with van der Waals surface area (Å²) in [7, 11) is 2.00. The summed E-state index contributed by atoms with van der Waals surface area (Å²) in [6.07, 6.45) is 2.50. The van der Waals surface area contributed by atoms with Gasteiger partial charge in [0.1, 0.15) is 0 Å². The Labute approximate surface area is 96.7 Å². The van der Waals surface area contributed by atoms with Crippen molar-refractivity contribution >= 4 is 11.8 Å². The molecule has 2 heteroatoms. The molecule has 0 saturated carbocycles. The molecular formula is C13H19NS. The van der Waals surface area contributed by atoms with E-state index in [1.54, 1.807) is 0 Å². The lowest BCUT2D eigenvalue weighted by atomic mass is 9.97. The zero-order valence-corrected chi connectivity index (χ0v) is 10.1. The van der Waals surface area contributed by atoms with Crippen molar-refractivity contribution in [3.63, 3.8) is 0 Å². The Morgan fingerprint density at radius 2 is 2.13 bits per heavy atom. The molecular weight excluding hydrogens is 202 g/mol. The lowest BCUT2D eigenvalue weighted by molar-refractivity contribution is 0.775. The van der Waals surface area contributed by atoms with Crippen LogP contribution in [0.15, 0.2) is 24.3 Å². The highest BCUT2D eigenvalue weighted by atomic mass is 32.2. The normalized spacial score (nSPS) is 20.7. The first kappa shape index (κ1) is 11.0. The highest BCUT2D eigenvalue weighted by molar-refractivity contribution is 7.99. The van der Waals surface area contributed by atoms with Crippen molar-refractivity contribution in [3.05, 3.63) is 35.4 Å². The van der Waals surface area contributed by atoms with Gasteiger partial charge in [-0.25, -0.2) is 0 Å². The molecule has 1 nitrogen and oxygen atoms in total. The van der Waals surface area contributed by atoms with Crippen LogP contribution in [0.5, 0.6) is 0 Å². The van der Waals surface area contributed by atoms with Gasteiger partial charge in [-0.2, -0.15) is 11.8 Å². The molecule has 0 aliphatic carbocycles. The van der Waals surface area contributed by atoms with Gasteiger partial charge in [-0.3, -0.25) is 0 Å². The number of benzene rings is 1.